The predicted molar refractivity (Wildman–Crippen MR) is 96.8 cm³/mol. The normalized spacial score (nSPS) is 11.7. The van der Waals surface area contributed by atoms with Crippen LogP contribution in [-0.4, -0.2) is 18.6 Å². The van der Waals surface area contributed by atoms with E-state index in [1.807, 2.05) is 6.92 Å². The molecule has 0 unspecified atom stereocenters. The number of urea groups is 1. The first kappa shape index (κ1) is 18.0. The molecule has 1 aromatic heterocycles. The maximum Gasteiger partial charge on any atom is 0.338 e. The molecular formula is C18H22N2O3S. The number of benzene rings is 1. The second-order valence-electron chi connectivity index (χ2n) is 5.49. The molecule has 128 valence electrons. The molecule has 1 atom stereocenters. The van der Waals surface area contributed by atoms with E-state index in [-0.39, 0.29) is 18.0 Å². The van der Waals surface area contributed by atoms with Gasteiger partial charge in [0.05, 0.1) is 18.2 Å². The largest absolute Gasteiger partial charge is 0.462 e. The lowest BCUT2D eigenvalue weighted by Crippen LogP contribution is -2.31. The molecule has 0 aliphatic rings. The fraction of sp³-hybridized carbons (Fsp3) is 0.333. The van der Waals surface area contributed by atoms with E-state index in [1.54, 1.807) is 42.5 Å². The maximum absolute atomic E-state index is 12.1. The van der Waals surface area contributed by atoms with Crippen LogP contribution in [0.4, 0.5) is 10.5 Å². The summed E-state index contributed by atoms with van der Waals surface area (Å²) in [7, 11) is 0. The number of hydrogen-bond donors (Lipinski definition) is 2. The van der Waals surface area contributed by atoms with Crippen LogP contribution in [0.3, 0.4) is 0 Å². The maximum atomic E-state index is 12.1. The van der Waals surface area contributed by atoms with E-state index in [4.69, 9.17) is 4.74 Å². The van der Waals surface area contributed by atoms with Crippen molar-refractivity contribution in [2.45, 2.75) is 33.7 Å². The smallest absolute Gasteiger partial charge is 0.338 e. The third-order valence-electron chi connectivity index (χ3n) is 3.55. The van der Waals surface area contributed by atoms with Gasteiger partial charge in [0.1, 0.15) is 0 Å². The number of carbonyl (C=O) groups excluding carboxylic acids is 2. The molecule has 0 fully saturated rings. The Kier molecular flexibility index (Phi) is 5.98. The number of amides is 2. The first-order valence-corrected chi connectivity index (χ1v) is 8.64. The van der Waals surface area contributed by atoms with Gasteiger partial charge in [0.15, 0.2) is 0 Å². The molecule has 0 aliphatic carbocycles. The van der Waals surface area contributed by atoms with Crippen LogP contribution in [0.25, 0.3) is 0 Å². The minimum atomic E-state index is -0.370. The number of thiophene rings is 1. The van der Waals surface area contributed by atoms with E-state index in [2.05, 4.69) is 30.5 Å². The molecule has 2 amide bonds. The number of hydrogen-bond acceptors (Lipinski definition) is 4. The van der Waals surface area contributed by atoms with Crippen molar-refractivity contribution in [3.63, 3.8) is 0 Å². The van der Waals surface area contributed by atoms with Gasteiger partial charge in [-0.3, -0.25) is 0 Å². The molecular weight excluding hydrogens is 324 g/mol. The van der Waals surface area contributed by atoms with E-state index < -0.39 is 0 Å². The Morgan fingerprint density at radius 1 is 1.21 bits per heavy atom. The van der Waals surface area contributed by atoms with E-state index in [1.165, 1.54) is 9.75 Å². The van der Waals surface area contributed by atoms with Crippen molar-refractivity contribution in [1.29, 1.82) is 0 Å². The molecule has 0 saturated carbocycles. The lowest BCUT2D eigenvalue weighted by atomic mass is 10.1. The molecule has 0 bridgehead atoms. The Labute approximate surface area is 146 Å². The van der Waals surface area contributed by atoms with Gasteiger partial charge in [0, 0.05) is 15.4 Å². The number of rotatable bonds is 5. The molecule has 6 heteroatoms. The fourth-order valence-electron chi connectivity index (χ4n) is 2.43. The van der Waals surface area contributed by atoms with Crippen molar-refractivity contribution < 1.29 is 14.3 Å². The first-order chi connectivity index (χ1) is 11.4. The number of nitrogens with one attached hydrogen (secondary N) is 2. The molecule has 1 aromatic carbocycles. The van der Waals surface area contributed by atoms with Gasteiger partial charge in [-0.1, -0.05) is 0 Å². The molecule has 0 spiro atoms. The number of anilines is 1. The molecule has 0 aliphatic heterocycles. The monoisotopic (exact) mass is 346 g/mol. The molecule has 0 radical (unpaired) electrons. The first-order valence-electron chi connectivity index (χ1n) is 7.82. The number of aryl methyl sites for hydroxylation is 2. The van der Waals surface area contributed by atoms with Crippen molar-refractivity contribution >= 4 is 29.0 Å². The Morgan fingerprint density at radius 2 is 1.88 bits per heavy atom. The lowest BCUT2D eigenvalue weighted by molar-refractivity contribution is 0.0526. The topological polar surface area (TPSA) is 67.4 Å². The number of esters is 1. The Balaban J connectivity index is 1.94. The minimum Gasteiger partial charge on any atom is -0.462 e. The van der Waals surface area contributed by atoms with Crippen molar-refractivity contribution in [1.82, 2.24) is 5.32 Å². The van der Waals surface area contributed by atoms with Gasteiger partial charge in [-0.05, 0) is 63.6 Å². The summed E-state index contributed by atoms with van der Waals surface area (Å²) >= 11 is 1.72. The van der Waals surface area contributed by atoms with Gasteiger partial charge >= 0.3 is 12.0 Å². The van der Waals surface area contributed by atoms with Crippen molar-refractivity contribution in [2.24, 2.45) is 0 Å². The van der Waals surface area contributed by atoms with Crippen LogP contribution in [0.2, 0.25) is 0 Å². The van der Waals surface area contributed by atoms with Crippen LogP contribution in [0.15, 0.2) is 30.3 Å². The standard InChI is InChI=1S/C18H22N2O3S/c1-5-23-17(21)14-6-8-15(9-7-14)20-18(22)19-12(3)16-10-11(2)24-13(16)4/h6-10,12H,5H2,1-4H3,(H2,19,20,22)/t12-/m1/s1. The zero-order valence-electron chi connectivity index (χ0n) is 14.3. The van der Waals surface area contributed by atoms with Gasteiger partial charge in [0.2, 0.25) is 0 Å². The summed E-state index contributed by atoms with van der Waals surface area (Å²) in [5.74, 6) is -0.370. The van der Waals surface area contributed by atoms with E-state index in [0.29, 0.717) is 17.9 Å². The van der Waals surface area contributed by atoms with Gasteiger partial charge in [0.25, 0.3) is 0 Å². The second-order valence-corrected chi connectivity index (χ2v) is 6.95. The van der Waals surface area contributed by atoms with Crippen LogP contribution in [0.5, 0.6) is 0 Å². The van der Waals surface area contributed by atoms with Gasteiger partial charge in [-0.15, -0.1) is 11.3 Å². The highest BCUT2D eigenvalue weighted by Gasteiger charge is 2.14. The molecule has 5 nitrogen and oxygen atoms in total. The summed E-state index contributed by atoms with van der Waals surface area (Å²) in [5, 5.41) is 5.69. The summed E-state index contributed by atoms with van der Waals surface area (Å²) in [6.07, 6.45) is 0. The van der Waals surface area contributed by atoms with Crippen LogP contribution in [0.1, 0.15) is 45.6 Å². The average molecular weight is 346 g/mol. The lowest BCUT2D eigenvalue weighted by Gasteiger charge is -2.15. The van der Waals surface area contributed by atoms with Crippen molar-refractivity contribution in [3.05, 3.63) is 51.2 Å². The minimum absolute atomic E-state index is 0.0752. The number of carbonyl (C=O) groups is 2. The van der Waals surface area contributed by atoms with Crippen LogP contribution >= 0.6 is 11.3 Å². The third kappa shape index (κ3) is 4.58. The van der Waals surface area contributed by atoms with Gasteiger partial charge in [-0.25, -0.2) is 9.59 Å². The van der Waals surface area contributed by atoms with E-state index in [0.717, 1.165) is 5.56 Å². The molecule has 2 rings (SSSR count). The van der Waals surface area contributed by atoms with Crippen molar-refractivity contribution in [3.8, 4) is 0 Å². The third-order valence-corrected chi connectivity index (χ3v) is 4.53. The summed E-state index contributed by atoms with van der Waals surface area (Å²) in [5.41, 5.74) is 2.21. The van der Waals surface area contributed by atoms with E-state index >= 15 is 0 Å². The average Bonchev–Trinajstić information content (AvgIpc) is 2.87. The Morgan fingerprint density at radius 3 is 2.42 bits per heavy atom. The number of ether oxygens (including phenoxy) is 1. The summed E-state index contributed by atoms with van der Waals surface area (Å²) < 4.78 is 4.93. The second kappa shape index (κ2) is 7.97. The predicted octanol–water partition coefficient (Wildman–Crippen LogP) is 4.42. The molecule has 24 heavy (non-hydrogen) atoms. The highest BCUT2D eigenvalue weighted by molar-refractivity contribution is 7.12. The fourth-order valence-corrected chi connectivity index (χ4v) is 3.45. The van der Waals surface area contributed by atoms with Crippen LogP contribution in [0, 0.1) is 13.8 Å². The summed E-state index contributed by atoms with van der Waals surface area (Å²) in [6, 6.07) is 8.35. The molecule has 2 aromatic rings. The Bertz CT molecular complexity index is 722. The molecule has 2 N–H and O–H groups in total. The van der Waals surface area contributed by atoms with E-state index in [9.17, 15) is 9.59 Å². The van der Waals surface area contributed by atoms with Crippen molar-refractivity contribution in [2.75, 3.05) is 11.9 Å². The quantitative estimate of drug-likeness (QED) is 0.787. The molecule has 0 saturated heterocycles. The highest BCUT2D eigenvalue weighted by Crippen LogP contribution is 2.26. The Hall–Kier alpha value is -2.34. The van der Waals surface area contributed by atoms with Gasteiger partial charge in [-0.2, -0.15) is 0 Å². The van der Waals surface area contributed by atoms with Crippen LogP contribution < -0.4 is 10.6 Å². The molecule has 1 heterocycles. The van der Waals surface area contributed by atoms with Gasteiger partial charge < -0.3 is 15.4 Å². The SMILES string of the molecule is CCOC(=O)c1ccc(NC(=O)N[C@H](C)c2cc(C)sc2C)cc1. The zero-order valence-corrected chi connectivity index (χ0v) is 15.1. The summed E-state index contributed by atoms with van der Waals surface area (Å²) in [6.45, 7) is 8.16. The highest BCUT2D eigenvalue weighted by atomic mass is 32.1. The summed E-state index contributed by atoms with van der Waals surface area (Å²) in [4.78, 5) is 26.2. The van der Waals surface area contributed by atoms with Crippen LogP contribution in [-0.2, 0) is 4.74 Å². The zero-order chi connectivity index (χ0) is 17.7.